The highest BCUT2D eigenvalue weighted by molar-refractivity contribution is 5.86. The van der Waals surface area contributed by atoms with Crippen molar-refractivity contribution in [2.24, 2.45) is 0 Å². The standard InChI is InChI=1S/C15H12N4O2/c20-15(21-14-4-2-1-3-5-14)18-12-6-8-13(9-7-12)19-16-10-11-17-19/h1-11H,(H,18,20). The Bertz CT molecular complexity index is 709. The number of anilines is 1. The van der Waals surface area contributed by atoms with Gasteiger partial charge in [-0.2, -0.15) is 15.0 Å². The fourth-order valence-electron chi connectivity index (χ4n) is 1.77. The first-order valence-corrected chi connectivity index (χ1v) is 6.32. The van der Waals surface area contributed by atoms with Gasteiger partial charge in [-0.15, -0.1) is 0 Å². The zero-order valence-electron chi connectivity index (χ0n) is 11.0. The summed E-state index contributed by atoms with van der Waals surface area (Å²) in [6.07, 6.45) is 2.67. The van der Waals surface area contributed by atoms with E-state index < -0.39 is 6.09 Å². The Balaban J connectivity index is 1.64. The minimum atomic E-state index is -0.536. The van der Waals surface area contributed by atoms with E-state index in [0.29, 0.717) is 11.4 Å². The van der Waals surface area contributed by atoms with Gasteiger partial charge in [-0.25, -0.2) is 4.79 Å². The third kappa shape index (κ3) is 3.24. The van der Waals surface area contributed by atoms with Crippen molar-refractivity contribution in [2.45, 2.75) is 0 Å². The summed E-state index contributed by atoms with van der Waals surface area (Å²) in [5.74, 6) is 0.493. The van der Waals surface area contributed by atoms with Crippen molar-refractivity contribution in [3.8, 4) is 11.4 Å². The lowest BCUT2D eigenvalue weighted by Crippen LogP contribution is -2.16. The lowest BCUT2D eigenvalue weighted by Gasteiger charge is -2.07. The summed E-state index contributed by atoms with van der Waals surface area (Å²) in [6.45, 7) is 0. The van der Waals surface area contributed by atoms with Gasteiger partial charge in [-0.1, -0.05) is 18.2 Å². The summed E-state index contributed by atoms with van der Waals surface area (Å²) in [4.78, 5) is 13.2. The van der Waals surface area contributed by atoms with Gasteiger partial charge in [0.25, 0.3) is 0 Å². The monoisotopic (exact) mass is 280 g/mol. The maximum Gasteiger partial charge on any atom is 0.417 e. The van der Waals surface area contributed by atoms with Crippen molar-refractivity contribution < 1.29 is 9.53 Å². The molecule has 0 saturated heterocycles. The van der Waals surface area contributed by atoms with Crippen LogP contribution in [0, 0.1) is 0 Å². The van der Waals surface area contributed by atoms with Crippen molar-refractivity contribution in [3.05, 3.63) is 67.0 Å². The van der Waals surface area contributed by atoms with Crippen LogP contribution in [0.5, 0.6) is 5.75 Å². The van der Waals surface area contributed by atoms with Gasteiger partial charge in [-0.05, 0) is 36.4 Å². The Morgan fingerprint density at radius 3 is 2.29 bits per heavy atom. The molecule has 3 rings (SSSR count). The fraction of sp³-hybridized carbons (Fsp3) is 0. The molecule has 0 spiro atoms. The summed E-state index contributed by atoms with van der Waals surface area (Å²) >= 11 is 0. The predicted octanol–water partition coefficient (Wildman–Crippen LogP) is 2.88. The highest BCUT2D eigenvalue weighted by Crippen LogP contribution is 2.13. The SMILES string of the molecule is O=C(Nc1ccc(-n2nccn2)cc1)Oc1ccccc1. The van der Waals surface area contributed by atoms with Crippen LogP contribution in [0.3, 0.4) is 0 Å². The Labute approximate surface area is 121 Å². The van der Waals surface area contributed by atoms with Gasteiger partial charge in [-0.3, -0.25) is 5.32 Å². The Morgan fingerprint density at radius 1 is 0.952 bits per heavy atom. The van der Waals surface area contributed by atoms with Crippen LogP contribution in [0.25, 0.3) is 5.69 Å². The Hall–Kier alpha value is -3.15. The lowest BCUT2D eigenvalue weighted by atomic mass is 10.3. The molecule has 1 heterocycles. The molecule has 0 saturated carbocycles. The number of nitrogens with zero attached hydrogens (tertiary/aromatic N) is 3. The van der Waals surface area contributed by atoms with Gasteiger partial charge < -0.3 is 4.74 Å². The number of carbonyl (C=O) groups is 1. The predicted molar refractivity (Wildman–Crippen MR) is 77.4 cm³/mol. The molecule has 0 bridgehead atoms. The van der Waals surface area contributed by atoms with Gasteiger partial charge in [0.15, 0.2) is 0 Å². The van der Waals surface area contributed by atoms with Crippen LogP contribution in [-0.2, 0) is 0 Å². The van der Waals surface area contributed by atoms with Crippen LogP contribution < -0.4 is 10.1 Å². The fourth-order valence-corrected chi connectivity index (χ4v) is 1.77. The maximum atomic E-state index is 11.7. The summed E-state index contributed by atoms with van der Waals surface area (Å²) < 4.78 is 5.14. The van der Waals surface area contributed by atoms with E-state index in [1.54, 1.807) is 60.9 Å². The largest absolute Gasteiger partial charge is 0.417 e. The smallest absolute Gasteiger partial charge is 0.410 e. The first kappa shape index (κ1) is 12.9. The molecule has 6 heteroatoms. The number of nitrogens with one attached hydrogen (secondary N) is 1. The van der Waals surface area contributed by atoms with Gasteiger partial charge >= 0.3 is 6.09 Å². The molecule has 1 aromatic heterocycles. The van der Waals surface area contributed by atoms with Crippen molar-refractivity contribution >= 4 is 11.8 Å². The molecule has 3 aromatic rings. The molecular formula is C15H12N4O2. The Kier molecular flexibility index (Phi) is 3.60. The van der Waals surface area contributed by atoms with E-state index in [1.165, 1.54) is 4.80 Å². The van der Waals surface area contributed by atoms with Crippen molar-refractivity contribution in [1.82, 2.24) is 15.0 Å². The number of hydrogen-bond donors (Lipinski definition) is 1. The molecule has 0 unspecified atom stereocenters. The van der Waals surface area contributed by atoms with Gasteiger partial charge in [0.05, 0.1) is 18.1 Å². The van der Waals surface area contributed by atoms with E-state index >= 15 is 0 Å². The molecule has 0 aliphatic carbocycles. The molecule has 0 radical (unpaired) electrons. The summed E-state index contributed by atoms with van der Waals surface area (Å²) in [5, 5.41) is 10.7. The molecule has 0 fully saturated rings. The quantitative estimate of drug-likeness (QED) is 0.801. The van der Waals surface area contributed by atoms with E-state index in [1.807, 2.05) is 6.07 Å². The van der Waals surface area contributed by atoms with E-state index in [2.05, 4.69) is 15.5 Å². The molecule has 104 valence electrons. The molecule has 1 N–H and O–H groups in total. The highest BCUT2D eigenvalue weighted by Gasteiger charge is 2.05. The molecule has 0 atom stereocenters. The Morgan fingerprint density at radius 2 is 1.62 bits per heavy atom. The van der Waals surface area contributed by atoms with Crippen LogP contribution >= 0.6 is 0 Å². The lowest BCUT2D eigenvalue weighted by molar-refractivity contribution is 0.215. The van der Waals surface area contributed by atoms with Crippen LogP contribution in [0.1, 0.15) is 0 Å². The molecular weight excluding hydrogens is 268 g/mol. The van der Waals surface area contributed by atoms with E-state index in [0.717, 1.165) is 5.69 Å². The number of amides is 1. The molecule has 0 aliphatic heterocycles. The number of benzene rings is 2. The van der Waals surface area contributed by atoms with Crippen LogP contribution in [0.15, 0.2) is 67.0 Å². The number of rotatable bonds is 3. The molecule has 6 nitrogen and oxygen atoms in total. The zero-order valence-corrected chi connectivity index (χ0v) is 11.0. The van der Waals surface area contributed by atoms with Crippen molar-refractivity contribution in [3.63, 3.8) is 0 Å². The second-order valence-electron chi connectivity index (χ2n) is 4.19. The van der Waals surface area contributed by atoms with Crippen molar-refractivity contribution in [2.75, 3.05) is 5.32 Å². The topological polar surface area (TPSA) is 69.0 Å². The number of carbonyl (C=O) groups excluding carboxylic acids is 1. The van der Waals surface area contributed by atoms with Gasteiger partial charge in [0.2, 0.25) is 0 Å². The second-order valence-corrected chi connectivity index (χ2v) is 4.19. The second kappa shape index (κ2) is 5.87. The average Bonchev–Trinajstić information content (AvgIpc) is 3.03. The number of ether oxygens (including phenoxy) is 1. The first-order valence-electron chi connectivity index (χ1n) is 6.32. The average molecular weight is 280 g/mol. The van der Waals surface area contributed by atoms with E-state index in [9.17, 15) is 4.79 Å². The molecule has 21 heavy (non-hydrogen) atoms. The number of hydrogen-bond acceptors (Lipinski definition) is 4. The van der Waals surface area contributed by atoms with Crippen molar-refractivity contribution in [1.29, 1.82) is 0 Å². The zero-order chi connectivity index (χ0) is 14.5. The van der Waals surface area contributed by atoms with Gasteiger partial charge in [0.1, 0.15) is 5.75 Å². The summed E-state index contributed by atoms with van der Waals surface area (Å²) in [5.41, 5.74) is 1.44. The number of aromatic nitrogens is 3. The highest BCUT2D eigenvalue weighted by atomic mass is 16.6. The molecule has 1 amide bonds. The summed E-state index contributed by atoms with van der Waals surface area (Å²) in [7, 11) is 0. The first-order chi connectivity index (χ1) is 10.3. The van der Waals surface area contributed by atoms with E-state index in [-0.39, 0.29) is 0 Å². The number of para-hydroxylation sites is 1. The molecule has 0 aliphatic rings. The summed E-state index contributed by atoms with van der Waals surface area (Å²) in [6, 6.07) is 16.0. The maximum absolute atomic E-state index is 11.7. The molecule has 2 aromatic carbocycles. The minimum absolute atomic E-state index is 0.493. The normalized spacial score (nSPS) is 10.1. The minimum Gasteiger partial charge on any atom is -0.410 e. The van der Waals surface area contributed by atoms with E-state index in [4.69, 9.17) is 4.74 Å². The third-order valence-electron chi connectivity index (χ3n) is 2.72. The van der Waals surface area contributed by atoms with Crippen LogP contribution in [-0.4, -0.2) is 21.1 Å². The van der Waals surface area contributed by atoms with Crippen LogP contribution in [0.4, 0.5) is 10.5 Å². The van der Waals surface area contributed by atoms with Crippen LogP contribution in [0.2, 0.25) is 0 Å². The third-order valence-corrected chi connectivity index (χ3v) is 2.72. The van der Waals surface area contributed by atoms with Gasteiger partial charge in [0, 0.05) is 5.69 Å².